The van der Waals surface area contributed by atoms with Gasteiger partial charge in [-0.1, -0.05) is 12.1 Å². The zero-order valence-electron chi connectivity index (χ0n) is 12.1. The molecule has 0 fully saturated rings. The molecule has 0 unspecified atom stereocenters. The first kappa shape index (κ1) is 17.1. The van der Waals surface area contributed by atoms with Gasteiger partial charge < -0.3 is 10.2 Å². The number of tetrazole rings is 1. The zero-order valence-corrected chi connectivity index (χ0v) is 12.9. The van der Waals surface area contributed by atoms with E-state index in [1.54, 1.807) is 9.58 Å². The lowest BCUT2D eigenvalue weighted by atomic mass is 10.1. The third-order valence-electron chi connectivity index (χ3n) is 3.03. The van der Waals surface area contributed by atoms with Crippen LogP contribution in [0.5, 0.6) is 0 Å². The Balaban J connectivity index is 0.00000220. The van der Waals surface area contributed by atoms with E-state index in [4.69, 9.17) is 0 Å². The summed E-state index contributed by atoms with van der Waals surface area (Å²) in [6.07, 6.45) is 1.93. The van der Waals surface area contributed by atoms with Crippen LogP contribution in [0.4, 0.5) is 0 Å². The van der Waals surface area contributed by atoms with Gasteiger partial charge in [0.2, 0.25) is 5.91 Å². The van der Waals surface area contributed by atoms with Gasteiger partial charge in [0.1, 0.15) is 6.33 Å². The maximum atomic E-state index is 12.0. The van der Waals surface area contributed by atoms with Gasteiger partial charge in [0.25, 0.3) is 0 Å². The summed E-state index contributed by atoms with van der Waals surface area (Å²) >= 11 is 0. The third-order valence-corrected chi connectivity index (χ3v) is 3.03. The molecular formula is C13H19ClN6O. The van der Waals surface area contributed by atoms with Gasteiger partial charge in [-0.3, -0.25) is 4.79 Å². The first-order valence-electron chi connectivity index (χ1n) is 6.41. The van der Waals surface area contributed by atoms with Crippen LogP contribution >= 0.6 is 12.4 Å². The average Bonchev–Trinajstić information content (AvgIpc) is 2.99. The molecule has 1 aromatic carbocycles. The normalized spacial score (nSPS) is 10.0. The van der Waals surface area contributed by atoms with E-state index in [0.29, 0.717) is 13.0 Å². The molecule has 0 atom stereocenters. The minimum absolute atomic E-state index is 0. The van der Waals surface area contributed by atoms with Crippen molar-refractivity contribution >= 4 is 18.3 Å². The van der Waals surface area contributed by atoms with Crippen LogP contribution in [0.2, 0.25) is 0 Å². The largest absolute Gasteiger partial charge is 0.344 e. The fraction of sp³-hybridized carbons (Fsp3) is 0.385. The van der Waals surface area contributed by atoms with Crippen molar-refractivity contribution in [1.82, 2.24) is 30.4 Å². The van der Waals surface area contributed by atoms with E-state index in [-0.39, 0.29) is 18.3 Å². The molecule has 2 rings (SSSR count). The number of nitrogens with one attached hydrogen (secondary N) is 1. The maximum Gasteiger partial charge on any atom is 0.226 e. The first-order valence-corrected chi connectivity index (χ1v) is 6.41. The van der Waals surface area contributed by atoms with Crippen LogP contribution in [0.1, 0.15) is 5.56 Å². The van der Waals surface area contributed by atoms with Crippen LogP contribution in [0.3, 0.4) is 0 Å². The van der Waals surface area contributed by atoms with Crippen molar-refractivity contribution in [2.45, 2.75) is 6.42 Å². The first-order chi connectivity index (χ1) is 9.70. The van der Waals surface area contributed by atoms with Gasteiger partial charge >= 0.3 is 0 Å². The van der Waals surface area contributed by atoms with Crippen LogP contribution in [-0.4, -0.2) is 58.2 Å². The number of hydrogen-bond donors (Lipinski definition) is 1. The van der Waals surface area contributed by atoms with Gasteiger partial charge in [-0.25, -0.2) is 4.68 Å². The predicted octanol–water partition coefficient (Wildman–Crippen LogP) is 0.304. The van der Waals surface area contributed by atoms with Gasteiger partial charge in [-0.2, -0.15) is 0 Å². The summed E-state index contributed by atoms with van der Waals surface area (Å²) in [4.78, 5) is 13.7. The minimum atomic E-state index is 0. The molecule has 0 aliphatic heterocycles. The Kier molecular flexibility index (Phi) is 6.77. The number of amides is 1. The number of rotatable bonds is 6. The Hall–Kier alpha value is -1.99. The van der Waals surface area contributed by atoms with Gasteiger partial charge in [-0.05, 0) is 35.2 Å². The average molecular weight is 311 g/mol. The standard InChI is InChI=1S/C13H18N6O.ClH/c1-14-7-8-18(2)13(20)9-11-3-5-12(6-4-11)19-10-15-16-17-19;/h3-6,10,14H,7-9H2,1-2H3;1H. The topological polar surface area (TPSA) is 75.9 Å². The lowest BCUT2D eigenvalue weighted by molar-refractivity contribution is -0.129. The summed E-state index contributed by atoms with van der Waals surface area (Å²) in [5.74, 6) is 0.107. The van der Waals surface area contributed by atoms with E-state index in [1.165, 1.54) is 6.33 Å². The van der Waals surface area contributed by atoms with E-state index >= 15 is 0 Å². The molecule has 0 aliphatic rings. The van der Waals surface area contributed by atoms with Gasteiger partial charge in [0.15, 0.2) is 0 Å². The smallest absolute Gasteiger partial charge is 0.226 e. The Morgan fingerprint density at radius 1 is 1.33 bits per heavy atom. The van der Waals surface area contributed by atoms with Crippen molar-refractivity contribution < 1.29 is 4.79 Å². The Morgan fingerprint density at radius 3 is 2.62 bits per heavy atom. The second kappa shape index (κ2) is 8.33. The summed E-state index contributed by atoms with van der Waals surface area (Å²) in [6, 6.07) is 7.63. The SMILES string of the molecule is CNCCN(C)C(=O)Cc1ccc(-n2cnnn2)cc1.Cl. The summed E-state index contributed by atoms with van der Waals surface area (Å²) in [6.45, 7) is 1.50. The highest BCUT2D eigenvalue weighted by Gasteiger charge is 2.09. The van der Waals surface area contributed by atoms with Crippen LogP contribution in [-0.2, 0) is 11.2 Å². The fourth-order valence-corrected chi connectivity index (χ4v) is 1.76. The van der Waals surface area contributed by atoms with Gasteiger partial charge in [-0.15, -0.1) is 17.5 Å². The number of benzene rings is 1. The molecule has 21 heavy (non-hydrogen) atoms. The quantitative estimate of drug-likeness (QED) is 0.831. The van der Waals surface area contributed by atoms with Crippen LogP contribution in [0.25, 0.3) is 5.69 Å². The summed E-state index contributed by atoms with van der Waals surface area (Å²) in [5.41, 5.74) is 1.85. The van der Waals surface area contributed by atoms with Crippen molar-refractivity contribution in [3.63, 3.8) is 0 Å². The Bertz CT molecular complexity index is 542. The highest BCUT2D eigenvalue weighted by molar-refractivity contribution is 5.85. The highest BCUT2D eigenvalue weighted by atomic mass is 35.5. The lowest BCUT2D eigenvalue weighted by Crippen LogP contribution is -2.33. The number of carbonyl (C=O) groups excluding carboxylic acids is 1. The Labute approximate surface area is 129 Å². The molecule has 0 saturated heterocycles. The zero-order chi connectivity index (χ0) is 14.4. The molecule has 1 N–H and O–H groups in total. The van der Waals surface area contributed by atoms with E-state index in [9.17, 15) is 4.79 Å². The van der Waals surface area contributed by atoms with E-state index < -0.39 is 0 Å². The van der Waals surface area contributed by atoms with E-state index in [1.807, 2.05) is 38.4 Å². The molecule has 1 aromatic heterocycles. The van der Waals surface area contributed by atoms with Crippen molar-refractivity contribution in [3.05, 3.63) is 36.2 Å². The van der Waals surface area contributed by atoms with Crippen molar-refractivity contribution in [2.24, 2.45) is 0 Å². The molecule has 0 spiro atoms. The maximum absolute atomic E-state index is 12.0. The molecule has 0 aliphatic carbocycles. The highest BCUT2D eigenvalue weighted by Crippen LogP contribution is 2.09. The number of likely N-dealkylation sites (N-methyl/N-ethyl adjacent to an activating group) is 2. The van der Waals surface area contributed by atoms with Crippen molar-refractivity contribution in [1.29, 1.82) is 0 Å². The molecule has 7 nitrogen and oxygen atoms in total. The second-order valence-corrected chi connectivity index (χ2v) is 4.52. The number of aromatic nitrogens is 4. The van der Waals surface area contributed by atoms with Crippen molar-refractivity contribution in [2.75, 3.05) is 27.2 Å². The molecular weight excluding hydrogens is 292 g/mol. The summed E-state index contributed by atoms with van der Waals surface area (Å²) in [7, 11) is 3.69. The molecule has 1 heterocycles. The molecule has 0 saturated carbocycles. The fourth-order valence-electron chi connectivity index (χ4n) is 1.76. The Morgan fingerprint density at radius 2 is 2.05 bits per heavy atom. The van der Waals surface area contributed by atoms with Crippen LogP contribution in [0, 0.1) is 0 Å². The van der Waals surface area contributed by atoms with Crippen molar-refractivity contribution in [3.8, 4) is 5.69 Å². The summed E-state index contributed by atoms with van der Waals surface area (Å²) in [5, 5.41) is 14.0. The van der Waals surface area contributed by atoms with Crippen LogP contribution < -0.4 is 5.32 Å². The lowest BCUT2D eigenvalue weighted by Gasteiger charge is -2.16. The summed E-state index contributed by atoms with van der Waals surface area (Å²) < 4.78 is 1.57. The molecule has 1 amide bonds. The van der Waals surface area contributed by atoms with Crippen LogP contribution in [0.15, 0.2) is 30.6 Å². The van der Waals surface area contributed by atoms with E-state index in [0.717, 1.165) is 17.8 Å². The molecule has 2 aromatic rings. The monoisotopic (exact) mass is 310 g/mol. The van der Waals surface area contributed by atoms with E-state index in [2.05, 4.69) is 20.8 Å². The molecule has 8 heteroatoms. The van der Waals surface area contributed by atoms with Gasteiger partial charge in [0, 0.05) is 20.1 Å². The minimum Gasteiger partial charge on any atom is -0.344 e. The predicted molar refractivity (Wildman–Crippen MR) is 81.7 cm³/mol. The number of nitrogens with zero attached hydrogens (tertiary/aromatic N) is 5. The third kappa shape index (κ3) is 4.80. The number of halogens is 1. The molecule has 114 valence electrons. The molecule has 0 bridgehead atoms. The molecule has 0 radical (unpaired) electrons. The second-order valence-electron chi connectivity index (χ2n) is 4.52. The number of hydrogen-bond acceptors (Lipinski definition) is 5. The number of carbonyl (C=O) groups is 1. The van der Waals surface area contributed by atoms with Gasteiger partial charge in [0.05, 0.1) is 12.1 Å².